The Kier molecular flexibility index (Phi) is 1.75. The lowest BCUT2D eigenvalue weighted by atomic mass is 10.1. The Morgan fingerprint density at radius 3 is 2.30 bits per heavy atom. The third-order valence-corrected chi connectivity index (χ3v) is 2.16. The van der Waals surface area contributed by atoms with E-state index in [9.17, 15) is 9.18 Å². The molecule has 0 amide bonds. The SMILES string of the molecule is CC(C)C(=O)C1CC1(F)Cl. The summed E-state index contributed by atoms with van der Waals surface area (Å²) in [5, 5.41) is -1.71. The van der Waals surface area contributed by atoms with Gasteiger partial charge in [-0.3, -0.25) is 4.79 Å². The van der Waals surface area contributed by atoms with E-state index in [4.69, 9.17) is 11.6 Å². The molecule has 58 valence electrons. The van der Waals surface area contributed by atoms with Crippen LogP contribution in [0.15, 0.2) is 0 Å². The first-order valence-corrected chi connectivity index (χ1v) is 3.74. The van der Waals surface area contributed by atoms with E-state index in [0.717, 1.165) is 0 Å². The molecule has 1 nitrogen and oxygen atoms in total. The summed E-state index contributed by atoms with van der Waals surface area (Å²) in [6, 6.07) is 0. The van der Waals surface area contributed by atoms with Crippen molar-refractivity contribution in [3.05, 3.63) is 0 Å². The van der Waals surface area contributed by atoms with E-state index < -0.39 is 11.0 Å². The lowest BCUT2D eigenvalue weighted by Crippen LogP contribution is -2.13. The van der Waals surface area contributed by atoms with Crippen molar-refractivity contribution in [2.75, 3.05) is 0 Å². The number of alkyl halides is 2. The Balaban J connectivity index is 2.48. The largest absolute Gasteiger partial charge is 0.299 e. The molecule has 2 unspecified atom stereocenters. The minimum absolute atomic E-state index is 0.0579. The summed E-state index contributed by atoms with van der Waals surface area (Å²) in [6.07, 6.45) is 0.200. The van der Waals surface area contributed by atoms with Crippen molar-refractivity contribution in [3.63, 3.8) is 0 Å². The summed E-state index contributed by atoms with van der Waals surface area (Å²) in [5.74, 6) is -0.687. The Bertz CT molecular complexity index is 165. The zero-order chi connectivity index (χ0) is 7.94. The van der Waals surface area contributed by atoms with Crippen LogP contribution < -0.4 is 0 Å². The molecule has 0 radical (unpaired) electrons. The van der Waals surface area contributed by atoms with E-state index in [1.54, 1.807) is 13.8 Å². The first-order chi connectivity index (χ1) is 4.45. The van der Waals surface area contributed by atoms with Crippen molar-refractivity contribution >= 4 is 17.4 Å². The number of hydrogen-bond donors (Lipinski definition) is 0. The summed E-state index contributed by atoms with van der Waals surface area (Å²) in [6.45, 7) is 3.52. The number of carbonyl (C=O) groups is 1. The number of hydrogen-bond acceptors (Lipinski definition) is 1. The smallest absolute Gasteiger partial charge is 0.194 e. The van der Waals surface area contributed by atoms with Gasteiger partial charge in [0.15, 0.2) is 5.13 Å². The Hall–Kier alpha value is -0.110. The van der Waals surface area contributed by atoms with Crippen LogP contribution in [0, 0.1) is 11.8 Å². The summed E-state index contributed by atoms with van der Waals surface area (Å²) in [5.41, 5.74) is 0. The molecule has 1 saturated carbocycles. The summed E-state index contributed by atoms with van der Waals surface area (Å²) >= 11 is 5.26. The molecule has 1 aliphatic rings. The Morgan fingerprint density at radius 1 is 1.80 bits per heavy atom. The molecule has 3 heteroatoms. The molecule has 10 heavy (non-hydrogen) atoms. The van der Waals surface area contributed by atoms with Crippen LogP contribution in [0.5, 0.6) is 0 Å². The van der Waals surface area contributed by atoms with E-state index in [0.29, 0.717) is 0 Å². The van der Waals surface area contributed by atoms with Gasteiger partial charge in [0.25, 0.3) is 0 Å². The number of ketones is 1. The van der Waals surface area contributed by atoms with Crippen molar-refractivity contribution < 1.29 is 9.18 Å². The molecular formula is C7H10ClFO. The third-order valence-electron chi connectivity index (χ3n) is 1.74. The van der Waals surface area contributed by atoms with Gasteiger partial charge in [-0.25, -0.2) is 4.39 Å². The average molecular weight is 165 g/mol. The lowest BCUT2D eigenvalue weighted by molar-refractivity contribution is -0.123. The highest BCUT2D eigenvalue weighted by Gasteiger charge is 2.58. The second-order valence-electron chi connectivity index (χ2n) is 3.07. The van der Waals surface area contributed by atoms with Crippen molar-refractivity contribution in [1.29, 1.82) is 0 Å². The lowest BCUT2D eigenvalue weighted by Gasteiger charge is -2.01. The Morgan fingerprint density at radius 2 is 2.20 bits per heavy atom. The second kappa shape index (κ2) is 2.19. The first-order valence-electron chi connectivity index (χ1n) is 3.36. The maximum atomic E-state index is 12.6. The molecule has 0 spiro atoms. The zero-order valence-electron chi connectivity index (χ0n) is 6.03. The predicted molar refractivity (Wildman–Crippen MR) is 37.6 cm³/mol. The van der Waals surface area contributed by atoms with Gasteiger partial charge in [0.2, 0.25) is 0 Å². The van der Waals surface area contributed by atoms with Crippen LogP contribution in [0.25, 0.3) is 0 Å². The first kappa shape index (κ1) is 7.99. The summed E-state index contributed by atoms with van der Waals surface area (Å²) < 4.78 is 12.6. The molecule has 0 aliphatic heterocycles. The number of halogens is 2. The topological polar surface area (TPSA) is 17.1 Å². The quantitative estimate of drug-likeness (QED) is 0.572. The van der Waals surface area contributed by atoms with Crippen LogP contribution in [0.1, 0.15) is 20.3 Å². The molecule has 0 aromatic heterocycles. The molecule has 1 aliphatic carbocycles. The van der Waals surface area contributed by atoms with Crippen LogP contribution in [0.2, 0.25) is 0 Å². The van der Waals surface area contributed by atoms with E-state index in [-0.39, 0.29) is 18.1 Å². The van der Waals surface area contributed by atoms with E-state index in [2.05, 4.69) is 0 Å². The third kappa shape index (κ3) is 1.31. The van der Waals surface area contributed by atoms with Gasteiger partial charge >= 0.3 is 0 Å². The van der Waals surface area contributed by atoms with E-state index in [1.807, 2.05) is 0 Å². The molecule has 2 atom stereocenters. The molecule has 1 rings (SSSR count). The number of carbonyl (C=O) groups excluding carboxylic acids is 1. The number of Topliss-reactive ketones (excluding diaryl/α,β-unsaturated/α-hetero) is 1. The van der Waals surface area contributed by atoms with Crippen molar-refractivity contribution in [2.45, 2.75) is 25.4 Å². The zero-order valence-corrected chi connectivity index (χ0v) is 6.78. The van der Waals surface area contributed by atoms with Crippen molar-refractivity contribution in [1.82, 2.24) is 0 Å². The average Bonchev–Trinajstić information content (AvgIpc) is 2.38. The molecule has 1 fully saturated rings. The van der Waals surface area contributed by atoms with Crippen LogP contribution in [-0.4, -0.2) is 10.9 Å². The molecule has 0 aromatic carbocycles. The summed E-state index contributed by atoms with van der Waals surface area (Å²) in [4.78, 5) is 11.0. The molecular weight excluding hydrogens is 155 g/mol. The molecule has 0 saturated heterocycles. The summed E-state index contributed by atoms with van der Waals surface area (Å²) in [7, 11) is 0. The van der Waals surface area contributed by atoms with Gasteiger partial charge < -0.3 is 0 Å². The maximum absolute atomic E-state index is 12.6. The standard InChI is InChI=1S/C7H10ClFO/c1-4(2)6(10)5-3-7(5,8)9/h4-5H,3H2,1-2H3. The van der Waals surface area contributed by atoms with Gasteiger partial charge in [-0.2, -0.15) is 0 Å². The van der Waals surface area contributed by atoms with Gasteiger partial charge in [0.1, 0.15) is 5.78 Å². The minimum Gasteiger partial charge on any atom is -0.299 e. The van der Waals surface area contributed by atoms with Gasteiger partial charge in [0, 0.05) is 12.3 Å². The normalized spacial score (nSPS) is 38.3. The van der Waals surface area contributed by atoms with Gasteiger partial charge in [-0.1, -0.05) is 25.4 Å². The fraction of sp³-hybridized carbons (Fsp3) is 0.857. The van der Waals surface area contributed by atoms with Crippen LogP contribution in [-0.2, 0) is 4.79 Å². The monoisotopic (exact) mass is 164 g/mol. The second-order valence-corrected chi connectivity index (χ2v) is 3.70. The van der Waals surface area contributed by atoms with E-state index in [1.165, 1.54) is 0 Å². The highest BCUT2D eigenvalue weighted by atomic mass is 35.5. The van der Waals surface area contributed by atoms with Gasteiger partial charge in [0.05, 0.1) is 5.92 Å². The minimum atomic E-state index is -1.71. The number of rotatable bonds is 2. The maximum Gasteiger partial charge on any atom is 0.194 e. The van der Waals surface area contributed by atoms with Gasteiger partial charge in [-0.15, -0.1) is 0 Å². The molecule has 0 bridgehead atoms. The Labute approximate surface area is 64.6 Å². The fourth-order valence-corrected chi connectivity index (χ4v) is 1.19. The van der Waals surface area contributed by atoms with Crippen LogP contribution in [0.4, 0.5) is 4.39 Å². The molecule has 0 heterocycles. The molecule has 0 N–H and O–H groups in total. The van der Waals surface area contributed by atoms with Crippen LogP contribution in [0.3, 0.4) is 0 Å². The highest BCUT2D eigenvalue weighted by Crippen LogP contribution is 2.52. The predicted octanol–water partition coefficient (Wildman–Crippen LogP) is 2.14. The van der Waals surface area contributed by atoms with E-state index >= 15 is 0 Å². The highest BCUT2D eigenvalue weighted by molar-refractivity contribution is 6.27. The van der Waals surface area contributed by atoms with Crippen LogP contribution >= 0.6 is 11.6 Å². The molecule has 0 aromatic rings. The fourth-order valence-electron chi connectivity index (χ4n) is 0.924. The van der Waals surface area contributed by atoms with Crippen molar-refractivity contribution in [3.8, 4) is 0 Å². The van der Waals surface area contributed by atoms with Crippen molar-refractivity contribution in [2.24, 2.45) is 11.8 Å². The van der Waals surface area contributed by atoms with Gasteiger partial charge in [-0.05, 0) is 0 Å².